The molecule has 1 amide bonds. The summed E-state index contributed by atoms with van der Waals surface area (Å²) in [5.41, 5.74) is 5.73. The molecule has 0 spiro atoms. The van der Waals surface area contributed by atoms with Crippen LogP contribution in [0.5, 0.6) is 5.75 Å². The highest BCUT2D eigenvalue weighted by Gasteiger charge is 2.18. The van der Waals surface area contributed by atoms with Gasteiger partial charge in [0, 0.05) is 11.1 Å². The summed E-state index contributed by atoms with van der Waals surface area (Å²) in [4.78, 5) is 27.9. The third-order valence-electron chi connectivity index (χ3n) is 3.84. The lowest BCUT2D eigenvalue weighted by Gasteiger charge is -2.04. The van der Waals surface area contributed by atoms with Gasteiger partial charge in [-0.3, -0.25) is 14.4 Å². The van der Waals surface area contributed by atoms with Crippen LogP contribution in [0.15, 0.2) is 30.3 Å². The summed E-state index contributed by atoms with van der Waals surface area (Å²) in [6.07, 6.45) is 4.19. The van der Waals surface area contributed by atoms with Gasteiger partial charge in [0.1, 0.15) is 5.75 Å². The molecule has 5 nitrogen and oxygen atoms in total. The van der Waals surface area contributed by atoms with Crippen molar-refractivity contribution in [1.82, 2.24) is 5.48 Å². The molecule has 1 N–H and O–H groups in total. The van der Waals surface area contributed by atoms with Crippen LogP contribution < -0.4 is 10.2 Å². The highest BCUT2D eigenvalue weighted by atomic mass is 16.6. The first-order chi connectivity index (χ1) is 11.7. The molecule has 2 rings (SSSR count). The van der Waals surface area contributed by atoms with Crippen molar-refractivity contribution in [3.05, 3.63) is 41.5 Å². The zero-order valence-corrected chi connectivity index (χ0v) is 14.1. The minimum absolute atomic E-state index is 0.298. The van der Waals surface area contributed by atoms with Crippen molar-refractivity contribution in [1.29, 1.82) is 0 Å². The van der Waals surface area contributed by atoms with Gasteiger partial charge in [0.05, 0.1) is 6.61 Å². The lowest BCUT2D eigenvalue weighted by atomic mass is 10.0. The van der Waals surface area contributed by atoms with Gasteiger partial charge in [0.2, 0.25) is 0 Å². The number of carbonyl (C=O) groups excluding carboxylic acids is 2. The number of nitrogens with one attached hydrogen (secondary N) is 1. The molecule has 2 aliphatic rings. The molecular weight excluding hydrogens is 306 g/mol. The quantitative estimate of drug-likeness (QED) is 0.432. The lowest BCUT2D eigenvalue weighted by Crippen LogP contribution is -2.23. The number of hydroxylamine groups is 1. The summed E-state index contributed by atoms with van der Waals surface area (Å²) in [5.74, 6) is 0.228. The third kappa shape index (κ3) is 4.32. The molecule has 0 atom stereocenters. The fourth-order valence-corrected chi connectivity index (χ4v) is 2.67. The minimum Gasteiger partial charge on any atom is -0.428 e. The monoisotopic (exact) mass is 329 g/mol. The Morgan fingerprint density at radius 1 is 1.17 bits per heavy atom. The SMILES string of the molecule is CCCCCc1cc(OC=O)c2cccc(C(=O)NOCC)cc1-2. The van der Waals surface area contributed by atoms with Crippen molar-refractivity contribution in [2.75, 3.05) is 6.61 Å². The molecule has 0 aliphatic heterocycles. The molecule has 128 valence electrons. The van der Waals surface area contributed by atoms with Crippen LogP contribution in [0.25, 0.3) is 11.1 Å². The largest absolute Gasteiger partial charge is 0.428 e. The Balaban J connectivity index is 2.39. The molecule has 0 saturated heterocycles. The van der Waals surface area contributed by atoms with E-state index < -0.39 is 0 Å². The minimum atomic E-state index is -0.298. The van der Waals surface area contributed by atoms with Gasteiger partial charge in [0.25, 0.3) is 12.4 Å². The van der Waals surface area contributed by atoms with Gasteiger partial charge < -0.3 is 4.74 Å². The molecule has 24 heavy (non-hydrogen) atoms. The highest BCUT2D eigenvalue weighted by Crippen LogP contribution is 2.38. The summed E-state index contributed by atoms with van der Waals surface area (Å²) in [5, 5.41) is 0. The van der Waals surface area contributed by atoms with E-state index >= 15 is 0 Å². The second kappa shape index (κ2) is 9.03. The molecular formula is C19H23NO4. The molecule has 5 heteroatoms. The molecule has 0 saturated carbocycles. The number of ether oxygens (including phenoxy) is 1. The number of unbranched alkanes of at least 4 members (excludes halogenated alkanes) is 2. The van der Waals surface area contributed by atoms with Gasteiger partial charge in [0.15, 0.2) is 0 Å². The predicted molar refractivity (Wildman–Crippen MR) is 92.1 cm³/mol. The first-order valence-electron chi connectivity index (χ1n) is 8.29. The van der Waals surface area contributed by atoms with E-state index in [0.717, 1.165) is 42.4 Å². The molecule has 0 aromatic rings. The molecule has 2 aliphatic carbocycles. The van der Waals surface area contributed by atoms with Gasteiger partial charge in [-0.1, -0.05) is 31.9 Å². The standard InChI is InChI=1S/C19H23NO4/c1-3-5-6-8-14-12-18(23-13-21)16-10-7-9-15(11-17(14)16)19(22)20-24-4-2/h7,9-13H,3-6,8H2,1-2H3,(H,20,22). The number of fused-ring (bicyclic) bond motifs is 1. The molecule has 0 fully saturated rings. The van der Waals surface area contributed by atoms with Crippen LogP contribution in [0, 0.1) is 0 Å². The van der Waals surface area contributed by atoms with Gasteiger partial charge in [-0.15, -0.1) is 0 Å². The molecule has 0 aromatic heterocycles. The van der Waals surface area contributed by atoms with Gasteiger partial charge in [-0.2, -0.15) is 0 Å². The van der Waals surface area contributed by atoms with Crippen molar-refractivity contribution >= 4 is 12.4 Å². The van der Waals surface area contributed by atoms with E-state index in [1.165, 1.54) is 0 Å². The van der Waals surface area contributed by atoms with Crippen LogP contribution in [0.1, 0.15) is 49.0 Å². The summed E-state index contributed by atoms with van der Waals surface area (Å²) >= 11 is 0. The molecule has 0 heterocycles. The van der Waals surface area contributed by atoms with Gasteiger partial charge in [-0.25, -0.2) is 5.48 Å². The van der Waals surface area contributed by atoms with Crippen molar-refractivity contribution in [3.63, 3.8) is 0 Å². The lowest BCUT2D eigenvalue weighted by molar-refractivity contribution is -0.120. The number of hydrogen-bond acceptors (Lipinski definition) is 4. The van der Waals surface area contributed by atoms with E-state index in [-0.39, 0.29) is 5.91 Å². The third-order valence-corrected chi connectivity index (χ3v) is 3.84. The first-order valence-corrected chi connectivity index (χ1v) is 8.29. The maximum absolute atomic E-state index is 12.2. The Kier molecular flexibility index (Phi) is 6.75. The second-order valence-electron chi connectivity index (χ2n) is 5.52. The fraction of sp³-hybridized carbons (Fsp3) is 0.368. The fourth-order valence-electron chi connectivity index (χ4n) is 2.67. The Labute approximate surface area is 142 Å². The summed E-state index contributed by atoms with van der Waals surface area (Å²) in [6, 6.07) is 9.06. The van der Waals surface area contributed by atoms with Gasteiger partial charge in [-0.05, 0) is 49.1 Å². The van der Waals surface area contributed by atoms with Crippen LogP contribution in [-0.2, 0) is 16.1 Å². The van der Waals surface area contributed by atoms with E-state index in [2.05, 4.69) is 12.4 Å². The average molecular weight is 329 g/mol. The van der Waals surface area contributed by atoms with E-state index in [1.54, 1.807) is 19.1 Å². The van der Waals surface area contributed by atoms with E-state index in [0.29, 0.717) is 24.4 Å². The molecule has 0 aromatic carbocycles. The summed E-state index contributed by atoms with van der Waals surface area (Å²) in [6.45, 7) is 4.78. The maximum atomic E-state index is 12.2. The van der Waals surface area contributed by atoms with Crippen molar-refractivity contribution in [3.8, 4) is 16.9 Å². The van der Waals surface area contributed by atoms with E-state index in [9.17, 15) is 9.59 Å². The Morgan fingerprint density at radius 3 is 2.71 bits per heavy atom. The predicted octanol–water partition coefficient (Wildman–Crippen LogP) is 3.74. The number of carbonyl (C=O) groups is 2. The van der Waals surface area contributed by atoms with Crippen LogP contribution >= 0.6 is 0 Å². The highest BCUT2D eigenvalue weighted by molar-refractivity contribution is 5.95. The Hall–Kier alpha value is -2.40. The Morgan fingerprint density at radius 2 is 2.00 bits per heavy atom. The average Bonchev–Trinajstić information content (AvgIpc) is 2.76. The van der Waals surface area contributed by atoms with E-state index in [1.807, 2.05) is 18.2 Å². The van der Waals surface area contributed by atoms with Crippen molar-refractivity contribution < 1.29 is 19.2 Å². The summed E-state index contributed by atoms with van der Waals surface area (Å²) < 4.78 is 5.11. The normalized spacial score (nSPS) is 10.6. The first kappa shape index (κ1) is 17.9. The number of aryl methyl sites for hydroxylation is 1. The molecule has 0 radical (unpaired) electrons. The van der Waals surface area contributed by atoms with Crippen LogP contribution in [0.2, 0.25) is 0 Å². The second-order valence-corrected chi connectivity index (χ2v) is 5.52. The van der Waals surface area contributed by atoms with Crippen LogP contribution in [0.3, 0.4) is 0 Å². The number of hydrogen-bond donors (Lipinski definition) is 1. The zero-order chi connectivity index (χ0) is 17.4. The maximum Gasteiger partial charge on any atom is 0.298 e. The van der Waals surface area contributed by atoms with Crippen molar-refractivity contribution in [2.24, 2.45) is 0 Å². The topological polar surface area (TPSA) is 64.6 Å². The van der Waals surface area contributed by atoms with E-state index in [4.69, 9.17) is 9.57 Å². The number of amides is 1. The number of rotatable bonds is 9. The zero-order valence-electron chi connectivity index (χ0n) is 14.1. The van der Waals surface area contributed by atoms with Crippen LogP contribution in [-0.4, -0.2) is 19.0 Å². The van der Waals surface area contributed by atoms with Gasteiger partial charge >= 0.3 is 0 Å². The Bertz CT molecular complexity index is 669. The van der Waals surface area contributed by atoms with Crippen LogP contribution in [0.4, 0.5) is 0 Å². The summed E-state index contributed by atoms with van der Waals surface area (Å²) in [7, 11) is 0. The molecule has 0 bridgehead atoms. The smallest absolute Gasteiger partial charge is 0.298 e. The molecule has 0 unspecified atom stereocenters. The van der Waals surface area contributed by atoms with Crippen molar-refractivity contribution in [2.45, 2.75) is 39.5 Å².